The van der Waals surface area contributed by atoms with E-state index in [0.717, 1.165) is 30.4 Å². The van der Waals surface area contributed by atoms with E-state index in [4.69, 9.17) is 0 Å². The number of aromatic nitrogens is 1. The molecular formula is C15H20BrN3O. The Hall–Kier alpha value is -0.940. The number of nitrogens with one attached hydrogen (secondary N) is 1. The standard InChI is InChI=1S/C15H20BrN3O/c16-11-4-7-14(18-9-11)15(20)19(13-5-6-13)10-12-3-1-2-8-17-12/h4,7,9,12-13,17H,1-3,5-6,8,10H2. The SMILES string of the molecule is O=C(c1ccc(Br)cn1)N(CC1CCCCN1)C1CC1. The third-order valence-corrected chi connectivity index (χ3v) is 4.49. The third kappa shape index (κ3) is 3.38. The molecule has 5 heteroatoms. The number of amides is 1. The fourth-order valence-corrected chi connectivity index (χ4v) is 2.99. The Morgan fingerprint density at radius 3 is 2.80 bits per heavy atom. The van der Waals surface area contributed by atoms with Crippen LogP contribution >= 0.6 is 15.9 Å². The summed E-state index contributed by atoms with van der Waals surface area (Å²) in [6.45, 7) is 1.90. The van der Waals surface area contributed by atoms with Gasteiger partial charge in [0.05, 0.1) is 0 Å². The molecule has 2 heterocycles. The lowest BCUT2D eigenvalue weighted by Crippen LogP contribution is -2.46. The van der Waals surface area contributed by atoms with Crippen molar-refractivity contribution in [1.82, 2.24) is 15.2 Å². The van der Waals surface area contributed by atoms with Gasteiger partial charge in [0, 0.05) is 29.3 Å². The highest BCUT2D eigenvalue weighted by Crippen LogP contribution is 2.29. The van der Waals surface area contributed by atoms with Gasteiger partial charge in [-0.15, -0.1) is 0 Å². The first-order chi connectivity index (χ1) is 9.74. The second kappa shape index (κ2) is 6.22. The van der Waals surface area contributed by atoms with E-state index in [0.29, 0.717) is 17.8 Å². The number of hydrogen-bond donors (Lipinski definition) is 1. The first kappa shape index (κ1) is 14.0. The molecule has 1 atom stereocenters. The van der Waals surface area contributed by atoms with Crippen molar-refractivity contribution in [3.63, 3.8) is 0 Å². The molecule has 0 radical (unpaired) electrons. The molecule has 0 aromatic carbocycles. The van der Waals surface area contributed by atoms with Gasteiger partial charge in [0.1, 0.15) is 5.69 Å². The van der Waals surface area contributed by atoms with E-state index in [9.17, 15) is 4.79 Å². The summed E-state index contributed by atoms with van der Waals surface area (Å²) >= 11 is 3.36. The van der Waals surface area contributed by atoms with Crippen LogP contribution < -0.4 is 5.32 Å². The van der Waals surface area contributed by atoms with Gasteiger partial charge in [0.15, 0.2) is 0 Å². The summed E-state index contributed by atoms with van der Waals surface area (Å²) in [6.07, 6.45) is 7.65. The van der Waals surface area contributed by atoms with E-state index in [1.165, 1.54) is 19.3 Å². The van der Waals surface area contributed by atoms with E-state index >= 15 is 0 Å². The van der Waals surface area contributed by atoms with Crippen molar-refractivity contribution in [3.8, 4) is 0 Å². The van der Waals surface area contributed by atoms with Crippen molar-refractivity contribution < 1.29 is 4.79 Å². The fraction of sp³-hybridized carbons (Fsp3) is 0.600. The number of nitrogens with zero attached hydrogens (tertiary/aromatic N) is 2. The molecule has 4 nitrogen and oxygen atoms in total. The van der Waals surface area contributed by atoms with Gasteiger partial charge in [-0.05, 0) is 60.3 Å². The van der Waals surface area contributed by atoms with Gasteiger partial charge in [0.2, 0.25) is 0 Å². The van der Waals surface area contributed by atoms with E-state index in [2.05, 4.69) is 26.2 Å². The predicted octanol–water partition coefficient (Wildman–Crippen LogP) is 2.59. The Kier molecular flexibility index (Phi) is 4.36. The molecule has 2 fully saturated rings. The van der Waals surface area contributed by atoms with Gasteiger partial charge in [-0.25, -0.2) is 4.98 Å². The smallest absolute Gasteiger partial charge is 0.272 e. The zero-order valence-electron chi connectivity index (χ0n) is 11.5. The summed E-state index contributed by atoms with van der Waals surface area (Å²) in [7, 11) is 0. The minimum absolute atomic E-state index is 0.0763. The molecule has 0 spiro atoms. The van der Waals surface area contributed by atoms with E-state index in [-0.39, 0.29) is 5.91 Å². The van der Waals surface area contributed by atoms with Crippen LogP contribution in [0.25, 0.3) is 0 Å². The Labute approximate surface area is 128 Å². The highest BCUT2D eigenvalue weighted by Gasteiger charge is 2.35. The average Bonchev–Trinajstić information content (AvgIpc) is 3.30. The Morgan fingerprint density at radius 1 is 1.35 bits per heavy atom. The second-order valence-electron chi connectivity index (χ2n) is 5.70. The number of pyridine rings is 1. The fourth-order valence-electron chi connectivity index (χ4n) is 2.75. The zero-order chi connectivity index (χ0) is 13.9. The van der Waals surface area contributed by atoms with Crippen molar-refractivity contribution in [3.05, 3.63) is 28.5 Å². The third-order valence-electron chi connectivity index (χ3n) is 4.02. The Bertz CT molecular complexity index is 467. The van der Waals surface area contributed by atoms with Gasteiger partial charge in [-0.3, -0.25) is 4.79 Å². The van der Waals surface area contributed by atoms with Crippen molar-refractivity contribution in [2.75, 3.05) is 13.1 Å². The largest absolute Gasteiger partial charge is 0.333 e. The molecule has 0 bridgehead atoms. The number of piperidine rings is 1. The van der Waals surface area contributed by atoms with Crippen LogP contribution in [-0.2, 0) is 0 Å². The summed E-state index contributed by atoms with van der Waals surface area (Å²) < 4.78 is 0.904. The van der Waals surface area contributed by atoms with Crippen molar-refractivity contribution >= 4 is 21.8 Å². The Balaban J connectivity index is 1.69. The van der Waals surface area contributed by atoms with Crippen LogP contribution in [0.1, 0.15) is 42.6 Å². The molecule has 2 aliphatic rings. The maximum Gasteiger partial charge on any atom is 0.272 e. The lowest BCUT2D eigenvalue weighted by Gasteiger charge is -2.30. The number of halogens is 1. The van der Waals surface area contributed by atoms with Gasteiger partial charge >= 0.3 is 0 Å². The average molecular weight is 338 g/mol. The first-order valence-corrected chi connectivity index (χ1v) is 8.19. The van der Waals surface area contributed by atoms with Gasteiger partial charge in [-0.2, -0.15) is 0 Å². The normalized spacial score (nSPS) is 22.6. The summed E-state index contributed by atoms with van der Waals surface area (Å²) in [6, 6.07) is 4.56. The minimum atomic E-state index is 0.0763. The van der Waals surface area contributed by atoms with Crippen LogP contribution in [0.3, 0.4) is 0 Å². The molecule has 1 amide bonds. The molecule has 1 aliphatic carbocycles. The molecule has 1 aromatic heterocycles. The molecule has 1 aliphatic heterocycles. The monoisotopic (exact) mass is 337 g/mol. The van der Waals surface area contributed by atoms with Crippen LogP contribution in [-0.4, -0.2) is 41.0 Å². The second-order valence-corrected chi connectivity index (χ2v) is 6.61. The van der Waals surface area contributed by atoms with Gasteiger partial charge < -0.3 is 10.2 Å². The summed E-state index contributed by atoms with van der Waals surface area (Å²) in [5, 5.41) is 3.53. The van der Waals surface area contributed by atoms with Crippen molar-refractivity contribution in [1.29, 1.82) is 0 Å². The molecule has 3 rings (SSSR count). The highest BCUT2D eigenvalue weighted by atomic mass is 79.9. The van der Waals surface area contributed by atoms with Crippen LogP contribution in [0.2, 0.25) is 0 Å². The molecule has 1 saturated heterocycles. The van der Waals surface area contributed by atoms with Crippen molar-refractivity contribution in [2.24, 2.45) is 0 Å². The van der Waals surface area contributed by atoms with E-state index in [1.807, 2.05) is 11.0 Å². The minimum Gasteiger partial charge on any atom is -0.333 e. The van der Waals surface area contributed by atoms with Crippen molar-refractivity contribution in [2.45, 2.75) is 44.2 Å². The molecule has 20 heavy (non-hydrogen) atoms. The van der Waals surface area contributed by atoms with Gasteiger partial charge in [-0.1, -0.05) is 6.42 Å². The summed E-state index contributed by atoms with van der Waals surface area (Å²) in [5.41, 5.74) is 0.552. The number of carbonyl (C=O) groups is 1. The predicted molar refractivity (Wildman–Crippen MR) is 81.6 cm³/mol. The zero-order valence-corrected chi connectivity index (χ0v) is 13.1. The molecule has 1 aromatic rings. The van der Waals surface area contributed by atoms with Crippen LogP contribution in [0.15, 0.2) is 22.8 Å². The quantitative estimate of drug-likeness (QED) is 0.918. The summed E-state index contributed by atoms with van der Waals surface area (Å²) in [4.78, 5) is 18.9. The van der Waals surface area contributed by atoms with Crippen LogP contribution in [0, 0.1) is 0 Å². The maximum absolute atomic E-state index is 12.6. The Morgan fingerprint density at radius 2 is 2.20 bits per heavy atom. The number of carbonyl (C=O) groups excluding carboxylic acids is 1. The van der Waals surface area contributed by atoms with E-state index in [1.54, 1.807) is 12.3 Å². The first-order valence-electron chi connectivity index (χ1n) is 7.40. The molecule has 108 valence electrons. The summed E-state index contributed by atoms with van der Waals surface area (Å²) in [5.74, 6) is 0.0763. The molecule has 1 N–H and O–H groups in total. The molecule has 1 saturated carbocycles. The topological polar surface area (TPSA) is 45.2 Å². The van der Waals surface area contributed by atoms with E-state index < -0.39 is 0 Å². The van der Waals surface area contributed by atoms with Gasteiger partial charge in [0.25, 0.3) is 5.91 Å². The van der Waals surface area contributed by atoms with Crippen LogP contribution in [0.5, 0.6) is 0 Å². The van der Waals surface area contributed by atoms with Crippen LogP contribution in [0.4, 0.5) is 0 Å². The maximum atomic E-state index is 12.6. The highest BCUT2D eigenvalue weighted by molar-refractivity contribution is 9.10. The number of hydrogen-bond acceptors (Lipinski definition) is 3. The molecule has 1 unspecified atom stereocenters. The number of rotatable bonds is 4. The lowest BCUT2D eigenvalue weighted by molar-refractivity contribution is 0.0712. The molecular weight excluding hydrogens is 318 g/mol. The lowest BCUT2D eigenvalue weighted by atomic mass is 10.0.